The largest absolute Gasteiger partial charge is 0.481 e. The number of carbonyl (C=O) groups is 2. The Bertz CT molecular complexity index is 702. The highest BCUT2D eigenvalue weighted by molar-refractivity contribution is 7.14. The van der Waals surface area contributed by atoms with Crippen LogP contribution in [0.15, 0.2) is 35.7 Å². The number of nitrogens with zero attached hydrogens (tertiary/aromatic N) is 2. The lowest BCUT2D eigenvalue weighted by molar-refractivity contribution is -0.143. The van der Waals surface area contributed by atoms with Gasteiger partial charge in [0.2, 0.25) is 0 Å². The van der Waals surface area contributed by atoms with Gasteiger partial charge in [0.25, 0.3) is 5.91 Å². The molecule has 1 aliphatic rings. The molecule has 0 aliphatic carbocycles. The lowest BCUT2D eigenvalue weighted by Gasteiger charge is -2.30. The van der Waals surface area contributed by atoms with Crippen molar-refractivity contribution in [3.63, 3.8) is 0 Å². The molecule has 6 nitrogen and oxygen atoms in total. The summed E-state index contributed by atoms with van der Waals surface area (Å²) >= 11 is 1.36. The SMILES string of the molecule is O=C(O)C1CCCN(C(=O)c2csc(Nc3ccccc3)n2)C1. The van der Waals surface area contributed by atoms with E-state index in [4.69, 9.17) is 5.11 Å². The topological polar surface area (TPSA) is 82.5 Å². The summed E-state index contributed by atoms with van der Waals surface area (Å²) in [6.07, 6.45) is 1.33. The molecule has 7 heteroatoms. The van der Waals surface area contributed by atoms with Crippen molar-refractivity contribution in [2.45, 2.75) is 12.8 Å². The smallest absolute Gasteiger partial charge is 0.308 e. The van der Waals surface area contributed by atoms with Gasteiger partial charge in [-0.1, -0.05) is 18.2 Å². The van der Waals surface area contributed by atoms with Gasteiger partial charge in [0.1, 0.15) is 5.69 Å². The van der Waals surface area contributed by atoms with Crippen LogP contribution in [-0.4, -0.2) is 40.0 Å². The third-order valence-electron chi connectivity index (χ3n) is 3.81. The second-order valence-electron chi connectivity index (χ2n) is 5.46. The molecule has 3 rings (SSSR count). The fourth-order valence-electron chi connectivity index (χ4n) is 2.60. The first-order chi connectivity index (χ1) is 11.1. The van der Waals surface area contributed by atoms with Crippen LogP contribution in [-0.2, 0) is 4.79 Å². The highest BCUT2D eigenvalue weighted by atomic mass is 32.1. The minimum Gasteiger partial charge on any atom is -0.481 e. The average molecular weight is 331 g/mol. The maximum absolute atomic E-state index is 12.5. The van der Waals surface area contributed by atoms with E-state index in [1.54, 1.807) is 10.3 Å². The van der Waals surface area contributed by atoms with Gasteiger partial charge in [-0.3, -0.25) is 9.59 Å². The van der Waals surface area contributed by atoms with E-state index in [1.807, 2.05) is 30.3 Å². The number of nitrogens with one attached hydrogen (secondary N) is 1. The van der Waals surface area contributed by atoms with Crippen LogP contribution in [0.25, 0.3) is 0 Å². The Morgan fingerprint density at radius 3 is 2.83 bits per heavy atom. The molecule has 120 valence electrons. The summed E-state index contributed by atoms with van der Waals surface area (Å²) in [6.45, 7) is 0.842. The molecule has 2 N–H and O–H groups in total. The molecule has 1 amide bonds. The zero-order chi connectivity index (χ0) is 16.2. The summed E-state index contributed by atoms with van der Waals surface area (Å²) in [5.74, 6) is -1.52. The van der Waals surface area contributed by atoms with Crippen LogP contribution in [0.4, 0.5) is 10.8 Å². The number of likely N-dealkylation sites (tertiary alicyclic amines) is 1. The van der Waals surface area contributed by atoms with E-state index in [0.717, 1.165) is 5.69 Å². The first kappa shape index (κ1) is 15.5. The number of amides is 1. The Hall–Kier alpha value is -2.41. The highest BCUT2D eigenvalue weighted by Gasteiger charge is 2.29. The summed E-state index contributed by atoms with van der Waals surface area (Å²) in [5, 5.41) is 14.6. The third-order valence-corrected chi connectivity index (χ3v) is 4.56. The van der Waals surface area contributed by atoms with Crippen molar-refractivity contribution >= 4 is 34.0 Å². The molecule has 1 aromatic carbocycles. The van der Waals surface area contributed by atoms with Crippen LogP contribution in [0, 0.1) is 5.92 Å². The summed E-state index contributed by atoms with van der Waals surface area (Å²) in [5.41, 5.74) is 1.27. The zero-order valence-corrected chi connectivity index (χ0v) is 13.3. The molecule has 0 spiro atoms. The predicted molar refractivity (Wildman–Crippen MR) is 88.1 cm³/mol. The molecule has 2 aromatic rings. The van der Waals surface area contributed by atoms with Gasteiger partial charge in [-0.2, -0.15) is 0 Å². The number of anilines is 2. The van der Waals surface area contributed by atoms with E-state index in [0.29, 0.717) is 30.2 Å². The molecule has 0 saturated carbocycles. The molecule has 0 radical (unpaired) electrons. The lowest BCUT2D eigenvalue weighted by Crippen LogP contribution is -2.42. The number of aromatic nitrogens is 1. The number of thiazole rings is 1. The summed E-state index contributed by atoms with van der Waals surface area (Å²) < 4.78 is 0. The van der Waals surface area contributed by atoms with Gasteiger partial charge >= 0.3 is 5.97 Å². The van der Waals surface area contributed by atoms with E-state index in [1.165, 1.54) is 11.3 Å². The number of carboxylic acid groups (broad SMARTS) is 1. The predicted octanol–water partition coefficient (Wildman–Crippen LogP) is 2.82. The molecule has 1 unspecified atom stereocenters. The number of para-hydroxylation sites is 1. The van der Waals surface area contributed by atoms with Crippen molar-refractivity contribution in [2.75, 3.05) is 18.4 Å². The van der Waals surface area contributed by atoms with Crippen molar-refractivity contribution in [1.29, 1.82) is 0 Å². The van der Waals surface area contributed by atoms with Crippen LogP contribution in [0.3, 0.4) is 0 Å². The van der Waals surface area contributed by atoms with E-state index in [2.05, 4.69) is 10.3 Å². The molecule has 1 aliphatic heterocycles. The van der Waals surface area contributed by atoms with Crippen molar-refractivity contribution < 1.29 is 14.7 Å². The van der Waals surface area contributed by atoms with Gasteiger partial charge in [0.05, 0.1) is 5.92 Å². The number of aliphatic carboxylic acids is 1. The minimum atomic E-state index is -0.841. The third kappa shape index (κ3) is 3.68. The Morgan fingerprint density at radius 1 is 1.30 bits per heavy atom. The molecule has 23 heavy (non-hydrogen) atoms. The number of carbonyl (C=O) groups excluding carboxylic acids is 1. The Balaban J connectivity index is 1.67. The molecule has 1 atom stereocenters. The highest BCUT2D eigenvalue weighted by Crippen LogP contribution is 2.23. The van der Waals surface area contributed by atoms with Gasteiger partial charge in [-0.05, 0) is 25.0 Å². The Morgan fingerprint density at radius 2 is 2.09 bits per heavy atom. The second kappa shape index (κ2) is 6.78. The number of hydrogen-bond donors (Lipinski definition) is 2. The van der Waals surface area contributed by atoms with Crippen LogP contribution >= 0.6 is 11.3 Å². The fraction of sp³-hybridized carbons (Fsp3) is 0.312. The van der Waals surface area contributed by atoms with E-state index in [9.17, 15) is 9.59 Å². The molecule has 0 bridgehead atoms. The van der Waals surface area contributed by atoms with E-state index < -0.39 is 11.9 Å². The number of benzene rings is 1. The second-order valence-corrected chi connectivity index (χ2v) is 6.32. The van der Waals surface area contributed by atoms with Gasteiger partial charge in [0.15, 0.2) is 5.13 Å². The van der Waals surface area contributed by atoms with Crippen molar-refractivity contribution in [3.05, 3.63) is 41.4 Å². The Kier molecular flexibility index (Phi) is 4.57. The van der Waals surface area contributed by atoms with Gasteiger partial charge in [-0.25, -0.2) is 4.98 Å². The molecule has 1 saturated heterocycles. The first-order valence-electron chi connectivity index (χ1n) is 7.43. The molecular weight excluding hydrogens is 314 g/mol. The fourth-order valence-corrected chi connectivity index (χ4v) is 3.30. The number of carboxylic acids is 1. The maximum atomic E-state index is 12.5. The van der Waals surface area contributed by atoms with Crippen molar-refractivity contribution in [1.82, 2.24) is 9.88 Å². The van der Waals surface area contributed by atoms with Crippen LogP contribution in [0.5, 0.6) is 0 Å². The van der Waals surface area contributed by atoms with Crippen LogP contribution in [0.1, 0.15) is 23.3 Å². The van der Waals surface area contributed by atoms with E-state index >= 15 is 0 Å². The summed E-state index contributed by atoms with van der Waals surface area (Å²) in [7, 11) is 0. The Labute approximate surface area is 137 Å². The van der Waals surface area contributed by atoms with Crippen LogP contribution < -0.4 is 5.32 Å². The zero-order valence-electron chi connectivity index (χ0n) is 12.4. The average Bonchev–Trinajstić information content (AvgIpc) is 3.03. The molecule has 1 aromatic heterocycles. The number of piperidine rings is 1. The molecular formula is C16H17N3O3S. The van der Waals surface area contributed by atoms with Crippen molar-refractivity contribution in [2.24, 2.45) is 5.92 Å². The quantitative estimate of drug-likeness (QED) is 0.900. The van der Waals surface area contributed by atoms with Crippen molar-refractivity contribution in [3.8, 4) is 0 Å². The summed E-state index contributed by atoms with van der Waals surface area (Å²) in [4.78, 5) is 29.5. The van der Waals surface area contributed by atoms with Gasteiger partial charge < -0.3 is 15.3 Å². The van der Waals surface area contributed by atoms with E-state index in [-0.39, 0.29) is 12.5 Å². The monoisotopic (exact) mass is 331 g/mol. The summed E-state index contributed by atoms with van der Waals surface area (Å²) in [6, 6.07) is 9.61. The normalized spacial score (nSPS) is 17.7. The number of rotatable bonds is 4. The van der Waals surface area contributed by atoms with Gasteiger partial charge in [-0.15, -0.1) is 11.3 Å². The standard InChI is InChI=1S/C16H17N3O3S/c20-14(19-8-4-5-11(9-19)15(21)22)13-10-23-16(18-13)17-12-6-2-1-3-7-12/h1-3,6-7,10-11H,4-5,8-9H2,(H,17,18)(H,21,22). The van der Waals surface area contributed by atoms with Crippen LogP contribution in [0.2, 0.25) is 0 Å². The number of hydrogen-bond acceptors (Lipinski definition) is 5. The maximum Gasteiger partial charge on any atom is 0.308 e. The minimum absolute atomic E-state index is 0.201. The van der Waals surface area contributed by atoms with Gasteiger partial charge in [0, 0.05) is 24.2 Å². The molecule has 1 fully saturated rings. The first-order valence-corrected chi connectivity index (χ1v) is 8.31. The molecule has 2 heterocycles. The lowest BCUT2D eigenvalue weighted by atomic mass is 9.98.